The SMILES string of the molecule is CNc1cc(S(=O)(=O)N2CCCC(OC)C2)ccn1. The van der Waals surface area contributed by atoms with Crippen LogP contribution < -0.4 is 5.32 Å². The van der Waals surface area contributed by atoms with Crippen LogP contribution in [0.4, 0.5) is 5.82 Å². The minimum atomic E-state index is -3.46. The predicted octanol–water partition coefficient (Wildman–Crippen LogP) is 0.923. The fourth-order valence-corrected chi connectivity index (χ4v) is 3.70. The van der Waals surface area contributed by atoms with E-state index in [-0.39, 0.29) is 11.0 Å². The van der Waals surface area contributed by atoms with E-state index in [1.54, 1.807) is 20.2 Å². The van der Waals surface area contributed by atoms with Crippen molar-refractivity contribution in [3.05, 3.63) is 18.3 Å². The number of sulfonamides is 1. The molecule has 0 aliphatic carbocycles. The molecule has 1 unspecified atom stereocenters. The van der Waals surface area contributed by atoms with Crippen LogP contribution >= 0.6 is 0 Å². The van der Waals surface area contributed by atoms with Crippen LogP contribution in [0.1, 0.15) is 12.8 Å². The summed E-state index contributed by atoms with van der Waals surface area (Å²) in [6.07, 6.45) is 3.20. The van der Waals surface area contributed by atoms with Gasteiger partial charge in [0.05, 0.1) is 11.0 Å². The normalized spacial score (nSPS) is 21.3. The number of hydrogen-bond donors (Lipinski definition) is 1. The van der Waals surface area contributed by atoms with Crippen molar-refractivity contribution in [2.45, 2.75) is 23.8 Å². The van der Waals surface area contributed by atoms with Crippen molar-refractivity contribution < 1.29 is 13.2 Å². The summed E-state index contributed by atoms with van der Waals surface area (Å²) in [5, 5.41) is 2.84. The highest BCUT2D eigenvalue weighted by Crippen LogP contribution is 2.22. The van der Waals surface area contributed by atoms with E-state index in [9.17, 15) is 8.42 Å². The van der Waals surface area contributed by atoms with Gasteiger partial charge in [-0.1, -0.05) is 0 Å². The molecule has 1 saturated heterocycles. The Labute approximate surface area is 113 Å². The summed E-state index contributed by atoms with van der Waals surface area (Å²) in [6, 6.07) is 3.07. The van der Waals surface area contributed by atoms with Crippen molar-refractivity contribution in [3.8, 4) is 0 Å². The smallest absolute Gasteiger partial charge is 0.243 e. The fraction of sp³-hybridized carbons (Fsp3) is 0.583. The summed E-state index contributed by atoms with van der Waals surface area (Å²) in [5.74, 6) is 0.543. The highest BCUT2D eigenvalue weighted by Gasteiger charge is 2.30. The van der Waals surface area contributed by atoms with E-state index in [0.29, 0.717) is 18.9 Å². The lowest BCUT2D eigenvalue weighted by Gasteiger charge is -2.31. The van der Waals surface area contributed by atoms with Crippen molar-refractivity contribution in [2.75, 3.05) is 32.6 Å². The maximum Gasteiger partial charge on any atom is 0.243 e. The van der Waals surface area contributed by atoms with Crippen molar-refractivity contribution >= 4 is 15.8 Å². The van der Waals surface area contributed by atoms with Gasteiger partial charge in [-0.3, -0.25) is 0 Å². The lowest BCUT2D eigenvalue weighted by molar-refractivity contribution is 0.0572. The number of nitrogens with one attached hydrogen (secondary N) is 1. The zero-order chi connectivity index (χ0) is 13.9. The van der Waals surface area contributed by atoms with Gasteiger partial charge in [-0.25, -0.2) is 13.4 Å². The Hall–Kier alpha value is -1.18. The first-order valence-electron chi connectivity index (χ1n) is 6.24. The molecule has 0 amide bonds. The average Bonchev–Trinajstić information content (AvgIpc) is 2.47. The Morgan fingerprint density at radius 1 is 1.53 bits per heavy atom. The number of hydrogen-bond acceptors (Lipinski definition) is 5. The highest BCUT2D eigenvalue weighted by molar-refractivity contribution is 7.89. The molecule has 7 heteroatoms. The maximum atomic E-state index is 12.5. The average molecular weight is 285 g/mol. The molecule has 1 aromatic heterocycles. The number of piperidine rings is 1. The molecule has 19 heavy (non-hydrogen) atoms. The maximum absolute atomic E-state index is 12.5. The predicted molar refractivity (Wildman–Crippen MR) is 72.6 cm³/mol. The topological polar surface area (TPSA) is 71.5 Å². The molecule has 0 saturated carbocycles. The van der Waals surface area contributed by atoms with E-state index in [0.717, 1.165) is 12.8 Å². The third kappa shape index (κ3) is 3.05. The first-order chi connectivity index (χ1) is 9.07. The van der Waals surface area contributed by atoms with Crippen LogP contribution in [0.25, 0.3) is 0 Å². The molecule has 0 bridgehead atoms. The molecule has 106 valence electrons. The van der Waals surface area contributed by atoms with Crippen LogP contribution in [-0.2, 0) is 14.8 Å². The molecule has 2 heterocycles. The number of methoxy groups -OCH3 is 1. The minimum Gasteiger partial charge on any atom is -0.380 e. The van der Waals surface area contributed by atoms with Gasteiger partial charge >= 0.3 is 0 Å². The van der Waals surface area contributed by atoms with E-state index in [1.807, 2.05) is 0 Å². The monoisotopic (exact) mass is 285 g/mol. The number of aromatic nitrogens is 1. The van der Waals surface area contributed by atoms with Crippen molar-refractivity contribution in [1.82, 2.24) is 9.29 Å². The van der Waals surface area contributed by atoms with Gasteiger partial charge in [0.25, 0.3) is 0 Å². The Morgan fingerprint density at radius 2 is 2.32 bits per heavy atom. The molecule has 1 aliphatic rings. The second-order valence-corrected chi connectivity index (χ2v) is 6.43. The number of ether oxygens (including phenoxy) is 1. The molecule has 1 fully saturated rings. The lowest BCUT2D eigenvalue weighted by Crippen LogP contribution is -2.42. The number of anilines is 1. The number of rotatable bonds is 4. The van der Waals surface area contributed by atoms with Crippen LogP contribution in [-0.4, -0.2) is 51.1 Å². The van der Waals surface area contributed by atoms with E-state index >= 15 is 0 Å². The van der Waals surface area contributed by atoms with Crippen molar-refractivity contribution in [2.24, 2.45) is 0 Å². The van der Waals surface area contributed by atoms with E-state index in [1.165, 1.54) is 16.6 Å². The van der Waals surface area contributed by atoms with Crippen LogP contribution in [0.15, 0.2) is 23.2 Å². The molecule has 1 aliphatic heterocycles. The highest BCUT2D eigenvalue weighted by atomic mass is 32.2. The third-order valence-corrected chi connectivity index (χ3v) is 5.16. The molecule has 2 rings (SSSR count). The molecular weight excluding hydrogens is 266 g/mol. The molecule has 0 spiro atoms. The van der Waals surface area contributed by atoms with Gasteiger partial charge in [-0.05, 0) is 18.9 Å². The molecule has 6 nitrogen and oxygen atoms in total. The Kier molecular flexibility index (Phi) is 4.38. The molecule has 1 atom stereocenters. The van der Waals surface area contributed by atoms with Gasteiger partial charge in [0, 0.05) is 39.5 Å². The zero-order valence-electron chi connectivity index (χ0n) is 11.2. The second-order valence-electron chi connectivity index (χ2n) is 4.49. The zero-order valence-corrected chi connectivity index (χ0v) is 12.0. The van der Waals surface area contributed by atoms with Crippen LogP contribution in [0, 0.1) is 0 Å². The summed E-state index contributed by atoms with van der Waals surface area (Å²) in [6.45, 7) is 0.954. The molecule has 1 aromatic rings. The first kappa shape index (κ1) is 14.2. The summed E-state index contributed by atoms with van der Waals surface area (Å²) in [5.41, 5.74) is 0. The second kappa shape index (κ2) is 5.85. The fourth-order valence-electron chi connectivity index (χ4n) is 2.17. The quantitative estimate of drug-likeness (QED) is 0.891. The van der Waals surface area contributed by atoms with Gasteiger partial charge in [-0.15, -0.1) is 0 Å². The molecule has 1 N–H and O–H groups in total. The Bertz CT molecular complexity index is 533. The van der Waals surface area contributed by atoms with Crippen LogP contribution in [0.2, 0.25) is 0 Å². The van der Waals surface area contributed by atoms with E-state index < -0.39 is 10.0 Å². The molecule has 0 radical (unpaired) electrons. The van der Waals surface area contributed by atoms with E-state index in [4.69, 9.17) is 4.74 Å². The van der Waals surface area contributed by atoms with Crippen LogP contribution in [0.5, 0.6) is 0 Å². The standard InChI is InChI=1S/C12H19N3O3S/c1-13-12-8-11(5-6-14-12)19(16,17)15-7-3-4-10(9-15)18-2/h5-6,8,10H,3-4,7,9H2,1-2H3,(H,13,14). The van der Waals surface area contributed by atoms with Crippen molar-refractivity contribution in [1.29, 1.82) is 0 Å². The van der Waals surface area contributed by atoms with Crippen molar-refractivity contribution in [3.63, 3.8) is 0 Å². The Balaban J connectivity index is 2.25. The number of pyridine rings is 1. The summed E-state index contributed by atoms with van der Waals surface area (Å²) < 4.78 is 31.8. The largest absolute Gasteiger partial charge is 0.380 e. The molecule has 0 aromatic carbocycles. The molecular formula is C12H19N3O3S. The lowest BCUT2D eigenvalue weighted by atomic mass is 10.1. The van der Waals surface area contributed by atoms with Gasteiger partial charge in [0.2, 0.25) is 10.0 Å². The van der Waals surface area contributed by atoms with Gasteiger partial charge in [-0.2, -0.15) is 4.31 Å². The first-order valence-corrected chi connectivity index (χ1v) is 7.68. The third-order valence-electron chi connectivity index (χ3n) is 3.30. The van der Waals surface area contributed by atoms with Gasteiger partial charge in [0.15, 0.2) is 0 Å². The van der Waals surface area contributed by atoms with Gasteiger partial charge in [0.1, 0.15) is 5.82 Å². The van der Waals surface area contributed by atoms with Crippen LogP contribution in [0.3, 0.4) is 0 Å². The summed E-state index contributed by atoms with van der Waals surface area (Å²) in [4.78, 5) is 4.30. The summed E-state index contributed by atoms with van der Waals surface area (Å²) >= 11 is 0. The Morgan fingerprint density at radius 3 is 3.00 bits per heavy atom. The summed E-state index contributed by atoms with van der Waals surface area (Å²) in [7, 11) is -0.138. The van der Waals surface area contributed by atoms with Gasteiger partial charge < -0.3 is 10.1 Å². The van der Waals surface area contributed by atoms with E-state index in [2.05, 4.69) is 10.3 Å². The number of nitrogens with zero attached hydrogens (tertiary/aromatic N) is 2. The minimum absolute atomic E-state index is 0.0193.